The Bertz CT molecular complexity index is 372. The molecule has 0 aliphatic carbocycles. The van der Waals surface area contributed by atoms with Crippen LogP contribution in [0.4, 0.5) is 0 Å². The number of carbonyl (C=O) groups excluding carboxylic acids is 1. The van der Waals surface area contributed by atoms with Crippen LogP contribution in [0.3, 0.4) is 0 Å². The number of carbonyl (C=O) groups is 1. The van der Waals surface area contributed by atoms with Gasteiger partial charge in [-0.2, -0.15) is 0 Å². The van der Waals surface area contributed by atoms with E-state index in [2.05, 4.69) is 0 Å². The average Bonchev–Trinajstić information content (AvgIpc) is 2.21. The van der Waals surface area contributed by atoms with Crippen molar-refractivity contribution in [2.45, 2.75) is 13.8 Å². The van der Waals surface area contributed by atoms with Gasteiger partial charge in [-0.1, -0.05) is 6.07 Å². The Hall–Kier alpha value is -1.35. The number of benzene rings is 1. The van der Waals surface area contributed by atoms with E-state index in [9.17, 15) is 4.79 Å². The van der Waals surface area contributed by atoms with Crippen LogP contribution in [0.1, 0.15) is 21.5 Å². The lowest BCUT2D eigenvalue weighted by Crippen LogP contribution is -2.20. The molecule has 3 nitrogen and oxygen atoms in total. The van der Waals surface area contributed by atoms with Crippen molar-refractivity contribution in [1.82, 2.24) is 4.90 Å². The highest BCUT2D eigenvalue weighted by atomic mass is 16.5. The molecule has 0 spiro atoms. The summed E-state index contributed by atoms with van der Waals surface area (Å²) >= 11 is 0. The zero-order valence-corrected chi connectivity index (χ0v) is 10.4. The lowest BCUT2D eigenvalue weighted by molar-refractivity contribution is 0.0482. The van der Waals surface area contributed by atoms with Crippen molar-refractivity contribution in [2.24, 2.45) is 0 Å². The minimum absolute atomic E-state index is 0.245. The SMILES string of the molecule is Cc1ccc(C(=O)OCCN(C)C)cc1C. The van der Waals surface area contributed by atoms with Gasteiger partial charge in [-0.05, 0) is 51.2 Å². The van der Waals surface area contributed by atoms with E-state index in [1.54, 1.807) is 6.07 Å². The number of rotatable bonds is 4. The monoisotopic (exact) mass is 221 g/mol. The lowest BCUT2D eigenvalue weighted by atomic mass is 10.1. The first-order valence-corrected chi connectivity index (χ1v) is 5.40. The van der Waals surface area contributed by atoms with Crippen molar-refractivity contribution in [3.8, 4) is 0 Å². The molecule has 0 heterocycles. The Morgan fingerprint density at radius 2 is 1.94 bits per heavy atom. The molecule has 3 heteroatoms. The summed E-state index contributed by atoms with van der Waals surface area (Å²) in [5.41, 5.74) is 2.92. The highest BCUT2D eigenvalue weighted by Crippen LogP contribution is 2.10. The minimum atomic E-state index is -0.245. The Morgan fingerprint density at radius 1 is 1.25 bits per heavy atom. The number of esters is 1. The molecule has 0 aliphatic rings. The maximum absolute atomic E-state index is 11.6. The topological polar surface area (TPSA) is 29.5 Å². The highest BCUT2D eigenvalue weighted by molar-refractivity contribution is 5.89. The van der Waals surface area contributed by atoms with Gasteiger partial charge < -0.3 is 9.64 Å². The molecule has 0 amide bonds. The molecule has 0 radical (unpaired) electrons. The van der Waals surface area contributed by atoms with E-state index < -0.39 is 0 Å². The molecular weight excluding hydrogens is 202 g/mol. The van der Waals surface area contributed by atoms with Gasteiger partial charge in [0.1, 0.15) is 6.61 Å². The molecule has 0 unspecified atom stereocenters. The van der Waals surface area contributed by atoms with Gasteiger partial charge in [-0.15, -0.1) is 0 Å². The van der Waals surface area contributed by atoms with Gasteiger partial charge in [0, 0.05) is 6.54 Å². The first-order chi connectivity index (χ1) is 7.50. The van der Waals surface area contributed by atoms with Crippen molar-refractivity contribution in [3.63, 3.8) is 0 Å². The predicted molar refractivity (Wildman–Crippen MR) is 64.8 cm³/mol. The molecule has 0 aliphatic heterocycles. The summed E-state index contributed by atoms with van der Waals surface area (Å²) in [4.78, 5) is 13.6. The van der Waals surface area contributed by atoms with E-state index in [1.165, 1.54) is 5.56 Å². The third-order valence-electron chi connectivity index (χ3n) is 2.51. The minimum Gasteiger partial charge on any atom is -0.461 e. The van der Waals surface area contributed by atoms with Crippen LogP contribution in [-0.4, -0.2) is 38.1 Å². The fourth-order valence-corrected chi connectivity index (χ4v) is 1.27. The van der Waals surface area contributed by atoms with Gasteiger partial charge in [-0.25, -0.2) is 4.79 Å². The fraction of sp³-hybridized carbons (Fsp3) is 0.462. The van der Waals surface area contributed by atoms with E-state index in [0.29, 0.717) is 12.2 Å². The zero-order valence-electron chi connectivity index (χ0n) is 10.4. The van der Waals surface area contributed by atoms with Crippen LogP contribution in [-0.2, 0) is 4.74 Å². The largest absolute Gasteiger partial charge is 0.461 e. The lowest BCUT2D eigenvalue weighted by Gasteiger charge is -2.10. The maximum atomic E-state index is 11.6. The van der Waals surface area contributed by atoms with E-state index in [4.69, 9.17) is 4.74 Å². The molecular formula is C13H19NO2. The predicted octanol–water partition coefficient (Wildman–Crippen LogP) is 2.02. The van der Waals surface area contributed by atoms with Gasteiger partial charge in [-0.3, -0.25) is 0 Å². The fourth-order valence-electron chi connectivity index (χ4n) is 1.27. The van der Waals surface area contributed by atoms with Crippen LogP contribution in [0.5, 0.6) is 0 Å². The number of aryl methyl sites for hydroxylation is 2. The van der Waals surface area contributed by atoms with Gasteiger partial charge in [0.25, 0.3) is 0 Å². The van der Waals surface area contributed by atoms with Crippen molar-refractivity contribution in [3.05, 3.63) is 34.9 Å². The van der Waals surface area contributed by atoms with Gasteiger partial charge >= 0.3 is 5.97 Å². The number of likely N-dealkylation sites (N-methyl/N-ethyl adjacent to an activating group) is 1. The van der Waals surface area contributed by atoms with Crippen LogP contribution in [0.15, 0.2) is 18.2 Å². The van der Waals surface area contributed by atoms with Gasteiger partial charge in [0.05, 0.1) is 5.56 Å². The van der Waals surface area contributed by atoms with Crippen molar-refractivity contribution < 1.29 is 9.53 Å². The first kappa shape index (κ1) is 12.7. The van der Waals surface area contributed by atoms with Crippen LogP contribution < -0.4 is 0 Å². The molecule has 0 bridgehead atoms. The second-order valence-electron chi connectivity index (χ2n) is 4.24. The summed E-state index contributed by atoms with van der Waals surface area (Å²) in [6.07, 6.45) is 0. The molecule has 1 rings (SSSR count). The van der Waals surface area contributed by atoms with Gasteiger partial charge in [0.2, 0.25) is 0 Å². The summed E-state index contributed by atoms with van der Waals surface area (Å²) in [6, 6.07) is 5.62. The number of hydrogen-bond donors (Lipinski definition) is 0. The summed E-state index contributed by atoms with van der Waals surface area (Å²) in [6.45, 7) is 5.19. The van der Waals surface area contributed by atoms with Crippen molar-refractivity contribution >= 4 is 5.97 Å². The molecule has 0 saturated heterocycles. The Balaban J connectivity index is 2.56. The van der Waals surface area contributed by atoms with Crippen LogP contribution in [0.2, 0.25) is 0 Å². The highest BCUT2D eigenvalue weighted by Gasteiger charge is 2.07. The summed E-state index contributed by atoms with van der Waals surface area (Å²) < 4.78 is 5.15. The van der Waals surface area contributed by atoms with E-state index in [0.717, 1.165) is 12.1 Å². The summed E-state index contributed by atoms with van der Waals surface area (Å²) in [5.74, 6) is -0.245. The maximum Gasteiger partial charge on any atom is 0.338 e. The molecule has 0 atom stereocenters. The standard InChI is InChI=1S/C13H19NO2/c1-10-5-6-12(9-11(10)2)13(15)16-8-7-14(3)4/h5-6,9H,7-8H2,1-4H3. The average molecular weight is 221 g/mol. The molecule has 88 valence electrons. The molecule has 0 aromatic heterocycles. The number of hydrogen-bond acceptors (Lipinski definition) is 3. The van der Waals surface area contributed by atoms with E-state index in [1.807, 2.05) is 45.0 Å². The van der Waals surface area contributed by atoms with E-state index in [-0.39, 0.29) is 5.97 Å². The van der Waals surface area contributed by atoms with Crippen LogP contribution in [0.25, 0.3) is 0 Å². The molecule has 1 aromatic carbocycles. The number of nitrogens with zero attached hydrogens (tertiary/aromatic N) is 1. The normalized spacial score (nSPS) is 10.6. The summed E-state index contributed by atoms with van der Waals surface area (Å²) in [7, 11) is 3.90. The molecule has 0 fully saturated rings. The van der Waals surface area contributed by atoms with Crippen molar-refractivity contribution in [2.75, 3.05) is 27.2 Å². The van der Waals surface area contributed by atoms with Crippen LogP contribution in [0, 0.1) is 13.8 Å². The number of ether oxygens (including phenoxy) is 1. The van der Waals surface area contributed by atoms with E-state index >= 15 is 0 Å². The summed E-state index contributed by atoms with van der Waals surface area (Å²) in [5, 5.41) is 0. The molecule has 1 aromatic rings. The molecule has 16 heavy (non-hydrogen) atoms. The second kappa shape index (κ2) is 5.66. The van der Waals surface area contributed by atoms with Crippen LogP contribution >= 0.6 is 0 Å². The zero-order chi connectivity index (χ0) is 12.1. The Kier molecular flexibility index (Phi) is 4.50. The Labute approximate surface area is 97.0 Å². The first-order valence-electron chi connectivity index (χ1n) is 5.40. The third-order valence-corrected chi connectivity index (χ3v) is 2.51. The smallest absolute Gasteiger partial charge is 0.338 e. The quantitative estimate of drug-likeness (QED) is 0.728. The van der Waals surface area contributed by atoms with Gasteiger partial charge in [0.15, 0.2) is 0 Å². The molecule has 0 saturated carbocycles. The Morgan fingerprint density at radius 3 is 2.50 bits per heavy atom. The third kappa shape index (κ3) is 3.66. The molecule has 0 N–H and O–H groups in total. The second-order valence-corrected chi connectivity index (χ2v) is 4.24. The van der Waals surface area contributed by atoms with Crippen molar-refractivity contribution in [1.29, 1.82) is 0 Å².